The van der Waals surface area contributed by atoms with Crippen LogP contribution < -0.4 is 16.6 Å². The van der Waals surface area contributed by atoms with Crippen LogP contribution in [0.4, 0.5) is 11.8 Å². The number of rotatable bonds is 4. The standard InChI is InChI=1S/C15H17N3O.C7H9N3/c19-15-7-3-4-10-18(15)13-8-9-14(16-11-13)17-12-5-1-2-6-12;8-7-9-3-6(4-10-7)5-1-2-5/h3-4,7-12H,1-2,5-6H2,(H,16,17);3-5H,1-2H2,(H2,8,9,10). The Balaban J connectivity index is 0.000000171. The lowest BCUT2D eigenvalue weighted by Gasteiger charge is -2.13. The number of nitrogens with one attached hydrogen (secondary N) is 1. The highest BCUT2D eigenvalue weighted by Crippen LogP contribution is 2.39. The van der Waals surface area contributed by atoms with Crippen LogP contribution in [-0.4, -0.2) is 25.6 Å². The molecule has 2 aliphatic carbocycles. The maximum atomic E-state index is 11.7. The maximum absolute atomic E-state index is 11.7. The summed E-state index contributed by atoms with van der Waals surface area (Å²) in [6, 6.07) is 9.54. The first kappa shape index (κ1) is 19.1. The van der Waals surface area contributed by atoms with Crippen LogP contribution in [0.25, 0.3) is 5.69 Å². The van der Waals surface area contributed by atoms with E-state index in [0.717, 1.165) is 17.4 Å². The molecule has 2 fully saturated rings. The van der Waals surface area contributed by atoms with Crippen LogP contribution in [0.5, 0.6) is 0 Å². The van der Waals surface area contributed by atoms with Crippen LogP contribution in [0.2, 0.25) is 0 Å². The molecule has 7 heteroatoms. The molecule has 150 valence electrons. The molecule has 7 nitrogen and oxygen atoms in total. The predicted molar refractivity (Wildman–Crippen MR) is 114 cm³/mol. The van der Waals surface area contributed by atoms with E-state index in [1.54, 1.807) is 29.1 Å². The van der Waals surface area contributed by atoms with Gasteiger partial charge in [0.1, 0.15) is 5.82 Å². The molecule has 3 aromatic heterocycles. The second-order valence-corrected chi connectivity index (χ2v) is 7.59. The van der Waals surface area contributed by atoms with E-state index in [-0.39, 0.29) is 5.56 Å². The molecule has 0 aromatic carbocycles. The first-order valence-electron chi connectivity index (χ1n) is 10.2. The molecule has 5 rings (SSSR count). The Morgan fingerprint density at radius 1 is 0.931 bits per heavy atom. The van der Waals surface area contributed by atoms with Crippen molar-refractivity contribution in [2.24, 2.45) is 0 Å². The van der Waals surface area contributed by atoms with Crippen LogP contribution >= 0.6 is 0 Å². The average Bonchev–Trinajstić information content (AvgIpc) is 3.47. The molecule has 3 aromatic rings. The summed E-state index contributed by atoms with van der Waals surface area (Å²) in [5, 5.41) is 3.44. The van der Waals surface area contributed by atoms with E-state index in [2.05, 4.69) is 20.3 Å². The minimum absolute atomic E-state index is 0.0409. The highest BCUT2D eigenvalue weighted by Gasteiger charge is 2.23. The predicted octanol–water partition coefficient (Wildman–Crippen LogP) is 3.52. The highest BCUT2D eigenvalue weighted by atomic mass is 16.1. The number of anilines is 2. The van der Waals surface area contributed by atoms with Crippen LogP contribution in [0.15, 0.2) is 59.9 Å². The maximum Gasteiger partial charge on any atom is 0.255 e. The Morgan fingerprint density at radius 3 is 2.31 bits per heavy atom. The van der Waals surface area contributed by atoms with Gasteiger partial charge >= 0.3 is 0 Å². The van der Waals surface area contributed by atoms with Gasteiger partial charge in [0.15, 0.2) is 0 Å². The molecule has 0 amide bonds. The third-order valence-electron chi connectivity index (χ3n) is 5.30. The SMILES string of the molecule is Nc1ncc(C2CC2)cn1.O=c1ccccn1-c1ccc(NC2CCCC2)nc1. The summed E-state index contributed by atoms with van der Waals surface area (Å²) >= 11 is 0. The smallest absolute Gasteiger partial charge is 0.255 e. The van der Waals surface area contributed by atoms with Crippen LogP contribution in [0, 0.1) is 0 Å². The summed E-state index contributed by atoms with van der Waals surface area (Å²) < 4.78 is 1.59. The highest BCUT2D eigenvalue weighted by molar-refractivity contribution is 5.41. The Morgan fingerprint density at radius 2 is 1.69 bits per heavy atom. The second kappa shape index (κ2) is 8.86. The molecule has 0 unspecified atom stereocenters. The first-order chi connectivity index (χ1) is 14.2. The second-order valence-electron chi connectivity index (χ2n) is 7.59. The van der Waals surface area contributed by atoms with Gasteiger partial charge in [-0.25, -0.2) is 15.0 Å². The van der Waals surface area contributed by atoms with E-state index in [1.165, 1.54) is 44.1 Å². The Kier molecular flexibility index (Phi) is 5.84. The van der Waals surface area contributed by atoms with E-state index in [1.807, 2.05) is 30.6 Å². The largest absolute Gasteiger partial charge is 0.368 e. The number of hydrogen-bond donors (Lipinski definition) is 2. The zero-order valence-corrected chi connectivity index (χ0v) is 16.4. The van der Waals surface area contributed by atoms with Gasteiger partial charge in [-0.1, -0.05) is 18.9 Å². The molecule has 2 aliphatic rings. The number of pyridine rings is 2. The topological polar surface area (TPSA) is 98.7 Å². The molecule has 0 atom stereocenters. The zero-order chi connectivity index (χ0) is 20.1. The molecular formula is C22H26N6O. The van der Waals surface area contributed by atoms with Crippen molar-refractivity contribution in [3.63, 3.8) is 0 Å². The van der Waals surface area contributed by atoms with Gasteiger partial charge in [-0.15, -0.1) is 0 Å². The van der Waals surface area contributed by atoms with E-state index in [9.17, 15) is 4.79 Å². The zero-order valence-electron chi connectivity index (χ0n) is 16.4. The quantitative estimate of drug-likeness (QED) is 0.707. The number of nitrogen functional groups attached to an aromatic ring is 1. The molecule has 29 heavy (non-hydrogen) atoms. The van der Waals surface area contributed by atoms with Gasteiger partial charge in [-0.3, -0.25) is 9.36 Å². The Labute approximate surface area is 170 Å². The molecule has 3 heterocycles. The van der Waals surface area contributed by atoms with Crippen molar-refractivity contribution in [1.82, 2.24) is 19.5 Å². The van der Waals surface area contributed by atoms with Gasteiger partial charge in [0.25, 0.3) is 5.56 Å². The fourth-order valence-electron chi connectivity index (χ4n) is 3.51. The lowest BCUT2D eigenvalue weighted by Crippen LogP contribution is -2.17. The Bertz CT molecular complexity index is 973. The van der Waals surface area contributed by atoms with E-state index >= 15 is 0 Å². The first-order valence-corrected chi connectivity index (χ1v) is 10.2. The van der Waals surface area contributed by atoms with Gasteiger partial charge in [-0.05, 0) is 55.4 Å². The number of hydrogen-bond acceptors (Lipinski definition) is 6. The average molecular weight is 390 g/mol. The van der Waals surface area contributed by atoms with Crippen molar-refractivity contribution < 1.29 is 0 Å². The van der Waals surface area contributed by atoms with Gasteiger partial charge < -0.3 is 11.1 Å². The van der Waals surface area contributed by atoms with Crippen LogP contribution in [0.3, 0.4) is 0 Å². The fraction of sp³-hybridized carbons (Fsp3) is 0.364. The summed E-state index contributed by atoms with van der Waals surface area (Å²) in [5.74, 6) is 1.98. The van der Waals surface area contributed by atoms with Gasteiger partial charge in [-0.2, -0.15) is 0 Å². The molecule has 0 aliphatic heterocycles. The van der Waals surface area contributed by atoms with Gasteiger partial charge in [0, 0.05) is 30.7 Å². The summed E-state index contributed by atoms with van der Waals surface area (Å²) in [5.41, 5.74) is 7.31. The van der Waals surface area contributed by atoms with Crippen LogP contribution in [0.1, 0.15) is 50.0 Å². The van der Waals surface area contributed by atoms with Crippen molar-refractivity contribution >= 4 is 11.8 Å². The molecule has 0 spiro atoms. The molecule has 0 saturated heterocycles. The van der Waals surface area contributed by atoms with E-state index < -0.39 is 0 Å². The van der Waals surface area contributed by atoms with Crippen molar-refractivity contribution in [2.45, 2.75) is 50.5 Å². The van der Waals surface area contributed by atoms with Crippen LogP contribution in [-0.2, 0) is 0 Å². The molecule has 3 N–H and O–H groups in total. The summed E-state index contributed by atoms with van der Waals surface area (Å²) in [6.07, 6.45) is 14.7. The number of aromatic nitrogens is 4. The summed E-state index contributed by atoms with van der Waals surface area (Å²) in [7, 11) is 0. The van der Waals surface area contributed by atoms with E-state index in [0.29, 0.717) is 12.0 Å². The summed E-state index contributed by atoms with van der Waals surface area (Å²) in [6.45, 7) is 0. The van der Waals surface area contributed by atoms with Gasteiger partial charge in [0.2, 0.25) is 5.95 Å². The number of nitrogens with zero attached hydrogens (tertiary/aromatic N) is 4. The third kappa shape index (κ3) is 5.19. The van der Waals surface area contributed by atoms with Crippen molar-refractivity contribution in [1.29, 1.82) is 0 Å². The van der Waals surface area contributed by atoms with E-state index in [4.69, 9.17) is 5.73 Å². The molecule has 0 radical (unpaired) electrons. The number of nitrogens with two attached hydrogens (primary N) is 1. The molecular weight excluding hydrogens is 364 g/mol. The van der Waals surface area contributed by atoms with Crippen molar-refractivity contribution in [2.75, 3.05) is 11.1 Å². The Hall–Kier alpha value is -3.22. The summed E-state index contributed by atoms with van der Waals surface area (Å²) in [4.78, 5) is 23.9. The van der Waals surface area contributed by atoms with Gasteiger partial charge in [0.05, 0.1) is 11.9 Å². The third-order valence-corrected chi connectivity index (χ3v) is 5.30. The minimum Gasteiger partial charge on any atom is -0.368 e. The molecule has 0 bridgehead atoms. The minimum atomic E-state index is -0.0409. The lowest BCUT2D eigenvalue weighted by atomic mass is 10.2. The fourth-order valence-corrected chi connectivity index (χ4v) is 3.51. The van der Waals surface area contributed by atoms with Crippen molar-refractivity contribution in [3.8, 4) is 5.69 Å². The molecule has 2 saturated carbocycles. The monoisotopic (exact) mass is 390 g/mol. The normalized spacial score (nSPS) is 16.1. The lowest BCUT2D eigenvalue weighted by molar-refractivity contribution is 0.750. The van der Waals surface area contributed by atoms with Crippen molar-refractivity contribution in [3.05, 3.63) is 71.0 Å².